The molecule has 0 spiro atoms. The summed E-state index contributed by atoms with van der Waals surface area (Å²) in [5.74, 6) is 1.01. The van der Waals surface area contributed by atoms with E-state index in [1.54, 1.807) is 0 Å². The van der Waals surface area contributed by atoms with Crippen molar-refractivity contribution in [1.82, 2.24) is 10.3 Å². The van der Waals surface area contributed by atoms with Crippen molar-refractivity contribution in [2.24, 2.45) is 5.92 Å². The van der Waals surface area contributed by atoms with E-state index < -0.39 is 0 Å². The molecule has 18 heavy (non-hydrogen) atoms. The molecule has 0 aliphatic heterocycles. The van der Waals surface area contributed by atoms with Crippen LogP contribution in [0.4, 0.5) is 0 Å². The van der Waals surface area contributed by atoms with Crippen LogP contribution in [0.25, 0.3) is 10.9 Å². The zero-order valence-electron chi connectivity index (χ0n) is 11.6. The predicted octanol–water partition coefficient (Wildman–Crippen LogP) is 3.58. The first kappa shape index (κ1) is 13.0. The largest absolute Gasteiger partial charge is 0.317 e. The lowest BCUT2D eigenvalue weighted by Gasteiger charge is -2.27. The maximum absolute atomic E-state index is 4.83. The highest BCUT2D eigenvalue weighted by molar-refractivity contribution is 5.78. The van der Waals surface area contributed by atoms with E-state index >= 15 is 0 Å². The quantitative estimate of drug-likeness (QED) is 0.886. The van der Waals surface area contributed by atoms with Gasteiger partial charge in [0, 0.05) is 23.0 Å². The van der Waals surface area contributed by atoms with E-state index in [1.807, 2.05) is 13.1 Å². The Labute approximate surface area is 109 Å². The van der Waals surface area contributed by atoms with E-state index in [2.05, 4.69) is 56.4 Å². The number of nitrogens with zero attached hydrogens (tertiary/aromatic N) is 1. The van der Waals surface area contributed by atoms with E-state index in [0.717, 1.165) is 5.52 Å². The third-order valence-electron chi connectivity index (χ3n) is 3.67. The highest BCUT2D eigenvalue weighted by atomic mass is 14.9. The normalized spacial score (nSPS) is 14.9. The van der Waals surface area contributed by atoms with Gasteiger partial charge in [0.25, 0.3) is 0 Å². The SMILES string of the molecule is CNC(C)C(c1ccc2ccccc2n1)C(C)C. The second kappa shape index (κ2) is 5.49. The molecule has 0 aliphatic carbocycles. The zero-order valence-corrected chi connectivity index (χ0v) is 11.6. The van der Waals surface area contributed by atoms with Gasteiger partial charge >= 0.3 is 0 Å². The topological polar surface area (TPSA) is 24.9 Å². The van der Waals surface area contributed by atoms with E-state index in [9.17, 15) is 0 Å². The lowest BCUT2D eigenvalue weighted by atomic mass is 9.86. The summed E-state index contributed by atoms with van der Waals surface area (Å²) in [5.41, 5.74) is 2.27. The average Bonchev–Trinajstić information content (AvgIpc) is 2.38. The number of nitrogens with one attached hydrogen (secondary N) is 1. The maximum atomic E-state index is 4.83. The Hall–Kier alpha value is -1.41. The summed E-state index contributed by atoms with van der Waals surface area (Å²) in [4.78, 5) is 4.83. The minimum absolute atomic E-state index is 0.429. The molecular formula is C16H22N2. The van der Waals surface area contributed by atoms with Crippen LogP contribution in [0.2, 0.25) is 0 Å². The molecular weight excluding hydrogens is 220 g/mol. The molecule has 0 radical (unpaired) electrons. The van der Waals surface area contributed by atoms with Gasteiger partial charge < -0.3 is 5.32 Å². The van der Waals surface area contributed by atoms with Crippen molar-refractivity contribution < 1.29 is 0 Å². The predicted molar refractivity (Wildman–Crippen MR) is 77.8 cm³/mol. The lowest BCUT2D eigenvalue weighted by molar-refractivity contribution is 0.389. The van der Waals surface area contributed by atoms with Gasteiger partial charge in [0.05, 0.1) is 5.52 Å². The van der Waals surface area contributed by atoms with Gasteiger partial charge in [-0.25, -0.2) is 0 Å². The Balaban J connectivity index is 2.44. The summed E-state index contributed by atoms with van der Waals surface area (Å²) in [6.07, 6.45) is 0. The molecule has 2 unspecified atom stereocenters. The summed E-state index contributed by atoms with van der Waals surface area (Å²) < 4.78 is 0. The molecule has 1 N–H and O–H groups in total. The summed E-state index contributed by atoms with van der Waals surface area (Å²) in [6, 6.07) is 13.1. The second-order valence-corrected chi connectivity index (χ2v) is 5.28. The molecule has 2 aromatic rings. The van der Waals surface area contributed by atoms with Crippen molar-refractivity contribution in [3.8, 4) is 0 Å². The Morgan fingerprint density at radius 2 is 1.72 bits per heavy atom. The summed E-state index contributed by atoms with van der Waals surface area (Å²) in [7, 11) is 2.01. The molecule has 1 aromatic carbocycles. The van der Waals surface area contributed by atoms with Crippen LogP contribution < -0.4 is 5.32 Å². The average molecular weight is 242 g/mol. The van der Waals surface area contributed by atoms with Gasteiger partial charge in [-0.3, -0.25) is 4.98 Å². The van der Waals surface area contributed by atoms with Gasteiger partial charge in [-0.1, -0.05) is 38.1 Å². The molecule has 2 rings (SSSR count). The number of fused-ring (bicyclic) bond motifs is 1. The number of rotatable bonds is 4. The summed E-state index contributed by atoms with van der Waals surface area (Å²) >= 11 is 0. The lowest BCUT2D eigenvalue weighted by Crippen LogP contribution is -2.32. The van der Waals surface area contributed by atoms with Gasteiger partial charge in [0.15, 0.2) is 0 Å². The monoisotopic (exact) mass is 242 g/mol. The molecule has 1 heterocycles. The van der Waals surface area contributed by atoms with Crippen LogP contribution in [0.5, 0.6) is 0 Å². The van der Waals surface area contributed by atoms with Crippen LogP contribution in [0.15, 0.2) is 36.4 Å². The maximum Gasteiger partial charge on any atom is 0.0705 e. The number of aromatic nitrogens is 1. The third-order valence-corrected chi connectivity index (χ3v) is 3.67. The molecule has 2 heteroatoms. The number of hydrogen-bond acceptors (Lipinski definition) is 2. The van der Waals surface area contributed by atoms with Gasteiger partial charge in [0.2, 0.25) is 0 Å². The molecule has 0 amide bonds. The van der Waals surface area contributed by atoms with Crippen molar-refractivity contribution >= 4 is 10.9 Å². The molecule has 2 atom stereocenters. The Morgan fingerprint density at radius 3 is 2.39 bits per heavy atom. The van der Waals surface area contributed by atoms with Gasteiger partial charge in [-0.15, -0.1) is 0 Å². The van der Waals surface area contributed by atoms with Gasteiger partial charge in [-0.2, -0.15) is 0 Å². The molecule has 0 saturated heterocycles. The van der Waals surface area contributed by atoms with Crippen LogP contribution in [-0.4, -0.2) is 18.1 Å². The fourth-order valence-corrected chi connectivity index (χ4v) is 2.62. The first-order valence-corrected chi connectivity index (χ1v) is 6.66. The minimum Gasteiger partial charge on any atom is -0.317 e. The Bertz CT molecular complexity index is 519. The molecule has 2 nitrogen and oxygen atoms in total. The Morgan fingerprint density at radius 1 is 1.00 bits per heavy atom. The van der Waals surface area contributed by atoms with Crippen molar-refractivity contribution in [3.05, 3.63) is 42.1 Å². The van der Waals surface area contributed by atoms with E-state index in [0.29, 0.717) is 17.9 Å². The standard InChI is InChI=1S/C16H22N2/c1-11(2)16(12(3)17-4)15-10-9-13-7-5-6-8-14(13)18-15/h5-12,16-17H,1-4H3. The van der Waals surface area contributed by atoms with Crippen LogP contribution in [0.3, 0.4) is 0 Å². The van der Waals surface area contributed by atoms with Gasteiger partial charge in [0.1, 0.15) is 0 Å². The summed E-state index contributed by atoms with van der Waals surface area (Å²) in [5, 5.41) is 4.56. The smallest absolute Gasteiger partial charge is 0.0705 e. The van der Waals surface area contributed by atoms with Gasteiger partial charge in [-0.05, 0) is 32.0 Å². The Kier molecular flexibility index (Phi) is 3.97. The number of benzene rings is 1. The fourth-order valence-electron chi connectivity index (χ4n) is 2.62. The van der Waals surface area contributed by atoms with E-state index in [-0.39, 0.29) is 0 Å². The minimum atomic E-state index is 0.429. The van der Waals surface area contributed by atoms with E-state index in [4.69, 9.17) is 4.98 Å². The zero-order chi connectivity index (χ0) is 13.1. The van der Waals surface area contributed by atoms with Crippen LogP contribution in [0.1, 0.15) is 32.4 Å². The molecule has 1 aromatic heterocycles. The van der Waals surface area contributed by atoms with E-state index in [1.165, 1.54) is 11.1 Å². The van der Waals surface area contributed by atoms with Crippen molar-refractivity contribution in [1.29, 1.82) is 0 Å². The second-order valence-electron chi connectivity index (χ2n) is 5.28. The molecule has 0 fully saturated rings. The van der Waals surface area contributed by atoms with Crippen LogP contribution in [0, 0.1) is 5.92 Å². The fraction of sp³-hybridized carbons (Fsp3) is 0.438. The van der Waals surface area contributed by atoms with Crippen molar-refractivity contribution in [2.75, 3.05) is 7.05 Å². The molecule has 0 aliphatic rings. The number of para-hydroxylation sites is 1. The molecule has 96 valence electrons. The number of likely N-dealkylation sites (N-methyl/N-ethyl adjacent to an activating group) is 1. The molecule has 0 saturated carbocycles. The summed E-state index contributed by atoms with van der Waals surface area (Å²) in [6.45, 7) is 6.74. The highest BCUT2D eigenvalue weighted by Crippen LogP contribution is 2.27. The first-order chi connectivity index (χ1) is 8.63. The van der Waals surface area contributed by atoms with Crippen LogP contribution in [-0.2, 0) is 0 Å². The molecule has 0 bridgehead atoms. The third kappa shape index (κ3) is 2.54. The van der Waals surface area contributed by atoms with Crippen LogP contribution >= 0.6 is 0 Å². The number of hydrogen-bond donors (Lipinski definition) is 1. The highest BCUT2D eigenvalue weighted by Gasteiger charge is 2.22. The number of pyridine rings is 1. The van der Waals surface area contributed by atoms with Crippen molar-refractivity contribution in [2.45, 2.75) is 32.7 Å². The first-order valence-electron chi connectivity index (χ1n) is 6.66. The van der Waals surface area contributed by atoms with Crippen molar-refractivity contribution in [3.63, 3.8) is 0 Å².